The lowest BCUT2D eigenvalue weighted by Crippen LogP contribution is -2.31. The van der Waals surface area contributed by atoms with Crippen LogP contribution in [-0.2, 0) is 9.68 Å². The lowest BCUT2D eigenvalue weighted by Gasteiger charge is -2.09. The van der Waals surface area contributed by atoms with Crippen molar-refractivity contribution in [1.29, 1.82) is 0 Å². The molecule has 4 nitrogen and oxygen atoms in total. The maximum atomic E-state index is 9.80. The Balaban J connectivity index is 3.28. The van der Waals surface area contributed by atoms with E-state index in [1.807, 2.05) is 6.92 Å². The second kappa shape index (κ2) is 5.53. The van der Waals surface area contributed by atoms with E-state index in [1.54, 1.807) is 0 Å². The molecule has 0 radical (unpaired) electrons. The zero-order valence-electron chi connectivity index (χ0n) is 5.33. The normalized spacial score (nSPS) is 12.7. The van der Waals surface area contributed by atoms with Crippen molar-refractivity contribution in [1.82, 2.24) is 5.32 Å². The summed E-state index contributed by atoms with van der Waals surface area (Å²) >= 11 is 0. The predicted octanol–water partition coefficient (Wildman–Crippen LogP) is 0.000600. The van der Waals surface area contributed by atoms with Crippen molar-refractivity contribution in [3.8, 4) is 0 Å². The molecule has 0 spiro atoms. The number of hydrogen-bond acceptors (Lipinski definition) is 3. The number of rotatable bonds is 5. The Bertz CT molecular complexity index is 76.6. The monoisotopic (exact) mass is 133 g/mol. The van der Waals surface area contributed by atoms with Gasteiger partial charge in [0.15, 0.2) is 0 Å². The van der Waals surface area contributed by atoms with Crippen LogP contribution in [0, 0.1) is 0 Å². The molecule has 0 fully saturated rings. The SMILES string of the molecule is CC[C@@H](COO)NC=O. The second-order valence-corrected chi connectivity index (χ2v) is 1.69. The summed E-state index contributed by atoms with van der Waals surface area (Å²) in [4.78, 5) is 13.6. The van der Waals surface area contributed by atoms with E-state index < -0.39 is 0 Å². The van der Waals surface area contributed by atoms with Gasteiger partial charge in [0.25, 0.3) is 0 Å². The Morgan fingerprint density at radius 3 is 2.89 bits per heavy atom. The third-order valence-electron chi connectivity index (χ3n) is 1.07. The van der Waals surface area contributed by atoms with Gasteiger partial charge in [0.2, 0.25) is 6.41 Å². The predicted molar refractivity (Wildman–Crippen MR) is 31.9 cm³/mol. The van der Waals surface area contributed by atoms with E-state index >= 15 is 0 Å². The van der Waals surface area contributed by atoms with Crippen LogP contribution in [-0.4, -0.2) is 24.3 Å². The van der Waals surface area contributed by atoms with Crippen molar-refractivity contribution >= 4 is 6.41 Å². The summed E-state index contributed by atoms with van der Waals surface area (Å²) in [7, 11) is 0. The van der Waals surface area contributed by atoms with Crippen LogP contribution in [0.15, 0.2) is 0 Å². The first kappa shape index (κ1) is 8.39. The zero-order valence-corrected chi connectivity index (χ0v) is 5.33. The molecule has 9 heavy (non-hydrogen) atoms. The van der Waals surface area contributed by atoms with Gasteiger partial charge in [0, 0.05) is 0 Å². The summed E-state index contributed by atoms with van der Waals surface area (Å²) in [5.74, 6) is 0. The highest BCUT2D eigenvalue weighted by molar-refractivity contribution is 5.46. The Hall–Kier alpha value is -0.610. The topological polar surface area (TPSA) is 58.6 Å². The summed E-state index contributed by atoms with van der Waals surface area (Å²) in [6.45, 7) is 2.04. The summed E-state index contributed by atoms with van der Waals surface area (Å²) in [5, 5.41) is 10.4. The Morgan fingerprint density at radius 1 is 1.89 bits per heavy atom. The summed E-state index contributed by atoms with van der Waals surface area (Å²) in [5.41, 5.74) is 0. The van der Waals surface area contributed by atoms with Gasteiger partial charge in [0.1, 0.15) is 6.61 Å². The van der Waals surface area contributed by atoms with Crippen LogP contribution in [0.2, 0.25) is 0 Å². The summed E-state index contributed by atoms with van der Waals surface area (Å²) in [6.07, 6.45) is 1.34. The molecule has 2 N–H and O–H groups in total. The second-order valence-electron chi connectivity index (χ2n) is 1.69. The molecule has 0 aromatic heterocycles. The zero-order chi connectivity index (χ0) is 7.11. The van der Waals surface area contributed by atoms with Crippen molar-refractivity contribution in [3.63, 3.8) is 0 Å². The van der Waals surface area contributed by atoms with Crippen molar-refractivity contribution in [2.45, 2.75) is 19.4 Å². The molecule has 1 amide bonds. The Labute approximate surface area is 53.7 Å². The molecule has 0 saturated heterocycles. The minimum Gasteiger partial charge on any atom is -0.354 e. The standard InChI is InChI=1S/C5H11NO3/c1-2-5(3-9-8)6-4-7/h4-5,8H,2-3H2,1H3,(H,6,7)/t5-/m0/s1. The molecule has 0 heterocycles. The molecule has 0 aliphatic rings. The number of carbonyl (C=O) groups is 1. The van der Waals surface area contributed by atoms with Crippen LogP contribution in [0.3, 0.4) is 0 Å². The average molecular weight is 133 g/mol. The van der Waals surface area contributed by atoms with E-state index in [0.717, 1.165) is 6.42 Å². The average Bonchev–Trinajstić information content (AvgIpc) is 1.88. The van der Waals surface area contributed by atoms with Crippen molar-refractivity contribution in [3.05, 3.63) is 0 Å². The molecule has 0 saturated carbocycles. The van der Waals surface area contributed by atoms with Crippen molar-refractivity contribution < 1.29 is 14.9 Å². The van der Waals surface area contributed by atoms with Crippen LogP contribution in [0.4, 0.5) is 0 Å². The van der Waals surface area contributed by atoms with Gasteiger partial charge < -0.3 is 5.32 Å². The van der Waals surface area contributed by atoms with Gasteiger partial charge in [-0.25, -0.2) is 4.89 Å². The first-order valence-electron chi connectivity index (χ1n) is 2.81. The third kappa shape index (κ3) is 3.93. The van der Waals surface area contributed by atoms with Gasteiger partial charge in [-0.1, -0.05) is 6.92 Å². The minimum absolute atomic E-state index is 0.0764. The Morgan fingerprint density at radius 2 is 2.56 bits per heavy atom. The van der Waals surface area contributed by atoms with Gasteiger partial charge >= 0.3 is 0 Å². The molecule has 0 aromatic rings. The molecular formula is C5H11NO3. The maximum absolute atomic E-state index is 9.80. The van der Waals surface area contributed by atoms with E-state index in [2.05, 4.69) is 10.2 Å². The van der Waals surface area contributed by atoms with Crippen molar-refractivity contribution in [2.24, 2.45) is 0 Å². The lowest BCUT2D eigenvalue weighted by molar-refractivity contribution is -0.246. The molecule has 4 heteroatoms. The number of hydrogen-bond donors (Lipinski definition) is 2. The fourth-order valence-corrected chi connectivity index (χ4v) is 0.470. The molecule has 0 unspecified atom stereocenters. The Kier molecular flexibility index (Phi) is 5.15. The number of nitrogens with one attached hydrogen (secondary N) is 1. The van der Waals surface area contributed by atoms with E-state index in [-0.39, 0.29) is 12.6 Å². The van der Waals surface area contributed by atoms with Gasteiger partial charge in [0.05, 0.1) is 6.04 Å². The molecule has 0 rings (SSSR count). The van der Waals surface area contributed by atoms with Gasteiger partial charge in [-0.2, -0.15) is 0 Å². The van der Waals surface area contributed by atoms with E-state index in [1.165, 1.54) is 0 Å². The van der Waals surface area contributed by atoms with E-state index in [4.69, 9.17) is 5.26 Å². The third-order valence-corrected chi connectivity index (χ3v) is 1.07. The first-order chi connectivity index (χ1) is 4.35. The van der Waals surface area contributed by atoms with Gasteiger partial charge in [-0.05, 0) is 6.42 Å². The molecule has 54 valence electrons. The highest BCUT2D eigenvalue weighted by Gasteiger charge is 2.01. The number of amides is 1. The van der Waals surface area contributed by atoms with Crippen LogP contribution < -0.4 is 5.32 Å². The quantitative estimate of drug-likeness (QED) is 0.315. The molecule has 0 bridgehead atoms. The first-order valence-corrected chi connectivity index (χ1v) is 2.81. The van der Waals surface area contributed by atoms with Crippen LogP contribution in [0.1, 0.15) is 13.3 Å². The van der Waals surface area contributed by atoms with E-state index in [9.17, 15) is 4.79 Å². The fraction of sp³-hybridized carbons (Fsp3) is 0.800. The van der Waals surface area contributed by atoms with Gasteiger partial charge in [-0.15, -0.1) is 0 Å². The molecule has 1 atom stereocenters. The highest BCUT2D eigenvalue weighted by atomic mass is 17.1. The largest absolute Gasteiger partial charge is 0.354 e. The molecule has 0 aliphatic carbocycles. The van der Waals surface area contributed by atoms with Crippen LogP contribution in [0.25, 0.3) is 0 Å². The van der Waals surface area contributed by atoms with Crippen LogP contribution >= 0.6 is 0 Å². The summed E-state index contributed by atoms with van der Waals surface area (Å²) < 4.78 is 0. The highest BCUT2D eigenvalue weighted by Crippen LogP contribution is 1.87. The molecular weight excluding hydrogens is 122 g/mol. The van der Waals surface area contributed by atoms with E-state index in [0.29, 0.717) is 6.41 Å². The smallest absolute Gasteiger partial charge is 0.207 e. The molecule has 0 aromatic carbocycles. The lowest BCUT2D eigenvalue weighted by atomic mass is 10.2. The van der Waals surface area contributed by atoms with Crippen LogP contribution in [0.5, 0.6) is 0 Å². The minimum atomic E-state index is -0.0764. The summed E-state index contributed by atoms with van der Waals surface area (Å²) in [6, 6.07) is -0.0764. The fourth-order valence-electron chi connectivity index (χ4n) is 0.470. The number of carbonyl (C=O) groups excluding carboxylic acids is 1. The maximum Gasteiger partial charge on any atom is 0.207 e. The van der Waals surface area contributed by atoms with Gasteiger partial charge in [-0.3, -0.25) is 10.1 Å². The van der Waals surface area contributed by atoms with Crippen molar-refractivity contribution in [2.75, 3.05) is 6.61 Å². The molecule has 0 aliphatic heterocycles.